The summed E-state index contributed by atoms with van der Waals surface area (Å²) < 4.78 is 0. The van der Waals surface area contributed by atoms with Gasteiger partial charge in [-0.3, -0.25) is 4.79 Å². The van der Waals surface area contributed by atoms with Crippen LogP contribution in [0.2, 0.25) is 0 Å². The fourth-order valence-electron chi connectivity index (χ4n) is 1.99. The maximum absolute atomic E-state index is 12.0. The number of benzene rings is 1. The van der Waals surface area contributed by atoms with E-state index in [9.17, 15) is 14.7 Å². The van der Waals surface area contributed by atoms with Crippen LogP contribution in [-0.4, -0.2) is 48.6 Å². The molecule has 0 radical (unpaired) electrons. The molecule has 0 heterocycles. The van der Waals surface area contributed by atoms with Crippen LogP contribution >= 0.6 is 0 Å². The lowest BCUT2D eigenvalue weighted by molar-refractivity contribution is -0.149. The highest BCUT2D eigenvalue weighted by atomic mass is 16.4. The molecule has 110 valence electrons. The molecule has 5 nitrogen and oxygen atoms in total. The predicted octanol–water partition coefficient (Wildman–Crippen LogP) is 1.14. The second-order valence-corrected chi connectivity index (χ2v) is 4.76. The number of carboxylic acid groups (broad SMARTS) is 1. The number of likely N-dealkylation sites (N-methyl/N-ethyl adjacent to an activating group) is 1. The Morgan fingerprint density at radius 3 is 2.50 bits per heavy atom. The van der Waals surface area contributed by atoms with Gasteiger partial charge in [0.15, 0.2) is 0 Å². The van der Waals surface area contributed by atoms with E-state index in [0.29, 0.717) is 19.3 Å². The summed E-state index contributed by atoms with van der Waals surface area (Å²) in [6, 6.07) is 8.53. The Balaban J connectivity index is 2.65. The van der Waals surface area contributed by atoms with Gasteiger partial charge >= 0.3 is 5.97 Å². The van der Waals surface area contributed by atoms with Crippen molar-refractivity contribution in [1.82, 2.24) is 10.2 Å². The molecule has 0 spiro atoms. The van der Waals surface area contributed by atoms with Crippen LogP contribution in [0.15, 0.2) is 30.3 Å². The van der Waals surface area contributed by atoms with Gasteiger partial charge in [0.2, 0.25) is 5.91 Å². The van der Waals surface area contributed by atoms with E-state index in [2.05, 4.69) is 5.32 Å². The molecule has 0 aromatic heterocycles. The van der Waals surface area contributed by atoms with E-state index >= 15 is 0 Å². The van der Waals surface area contributed by atoms with Crippen LogP contribution in [0.3, 0.4) is 0 Å². The zero-order chi connectivity index (χ0) is 15.0. The highest BCUT2D eigenvalue weighted by molar-refractivity contribution is 5.83. The highest BCUT2D eigenvalue weighted by Crippen LogP contribution is 2.10. The molecule has 0 saturated heterocycles. The van der Waals surface area contributed by atoms with Crippen molar-refractivity contribution in [3.05, 3.63) is 35.9 Å². The van der Waals surface area contributed by atoms with Crippen LogP contribution in [-0.2, 0) is 16.0 Å². The third-order valence-electron chi connectivity index (χ3n) is 3.24. The lowest BCUT2D eigenvalue weighted by Gasteiger charge is -2.25. The fourth-order valence-corrected chi connectivity index (χ4v) is 1.99. The van der Waals surface area contributed by atoms with Crippen molar-refractivity contribution in [3.63, 3.8) is 0 Å². The Morgan fingerprint density at radius 1 is 1.30 bits per heavy atom. The number of rotatable bonds is 8. The molecule has 1 aromatic rings. The van der Waals surface area contributed by atoms with E-state index < -0.39 is 12.0 Å². The van der Waals surface area contributed by atoms with Gasteiger partial charge in [-0.1, -0.05) is 30.3 Å². The smallest absolute Gasteiger partial charge is 0.326 e. The average molecular weight is 278 g/mol. The van der Waals surface area contributed by atoms with Crippen molar-refractivity contribution in [2.24, 2.45) is 0 Å². The van der Waals surface area contributed by atoms with E-state index in [1.165, 1.54) is 4.90 Å². The number of nitrogens with one attached hydrogen (secondary N) is 1. The van der Waals surface area contributed by atoms with E-state index in [-0.39, 0.29) is 5.91 Å². The minimum atomic E-state index is -0.974. The maximum Gasteiger partial charge on any atom is 0.326 e. The zero-order valence-corrected chi connectivity index (χ0v) is 12.0. The number of carbonyl (C=O) groups excluding carboxylic acids is 1. The van der Waals surface area contributed by atoms with Crippen LogP contribution in [0.5, 0.6) is 0 Å². The third-order valence-corrected chi connectivity index (χ3v) is 3.24. The number of amides is 1. The first-order valence-electron chi connectivity index (χ1n) is 6.73. The lowest BCUT2D eigenvalue weighted by Crippen LogP contribution is -2.43. The summed E-state index contributed by atoms with van der Waals surface area (Å²) in [5.41, 5.74) is 0.912. The Bertz CT molecular complexity index is 434. The Morgan fingerprint density at radius 2 is 1.95 bits per heavy atom. The van der Waals surface area contributed by atoms with Gasteiger partial charge in [-0.15, -0.1) is 0 Å². The number of aliphatic carboxylic acids is 1. The van der Waals surface area contributed by atoms with E-state index in [1.54, 1.807) is 7.05 Å². The topological polar surface area (TPSA) is 69.6 Å². The highest BCUT2D eigenvalue weighted by Gasteiger charge is 2.26. The fraction of sp³-hybridized carbons (Fsp3) is 0.467. The molecule has 0 unspecified atom stereocenters. The Kier molecular flexibility index (Phi) is 6.73. The second-order valence-electron chi connectivity index (χ2n) is 4.76. The van der Waals surface area contributed by atoms with E-state index in [4.69, 9.17) is 0 Å². The quantitative estimate of drug-likeness (QED) is 0.700. The van der Waals surface area contributed by atoms with Crippen molar-refractivity contribution in [1.29, 1.82) is 0 Å². The van der Waals surface area contributed by atoms with Crippen LogP contribution in [0.1, 0.15) is 18.4 Å². The van der Waals surface area contributed by atoms with Gasteiger partial charge in [-0.05, 0) is 25.6 Å². The second kappa shape index (κ2) is 8.32. The van der Waals surface area contributed by atoms with Crippen LogP contribution in [0.4, 0.5) is 0 Å². The molecule has 0 bridgehead atoms. The molecule has 0 fully saturated rings. The minimum Gasteiger partial charge on any atom is -0.480 e. The van der Waals surface area contributed by atoms with Gasteiger partial charge in [0.25, 0.3) is 0 Å². The summed E-state index contributed by atoms with van der Waals surface area (Å²) in [5, 5.41) is 12.3. The largest absolute Gasteiger partial charge is 0.480 e. The molecule has 1 rings (SSSR count). The third kappa shape index (κ3) is 5.01. The number of nitrogens with zero attached hydrogens (tertiary/aromatic N) is 1. The van der Waals surface area contributed by atoms with Crippen molar-refractivity contribution >= 4 is 11.9 Å². The summed E-state index contributed by atoms with van der Waals surface area (Å²) in [6.45, 7) is 0.746. The number of carbonyl (C=O) groups is 2. The molecule has 0 aliphatic heterocycles. The molecule has 5 heteroatoms. The Hall–Kier alpha value is -1.88. The standard InChI is InChI=1S/C15H22N2O3/c1-16-10-6-9-14(18)17(2)13(15(19)20)11-12-7-4-3-5-8-12/h3-5,7-8,13,16H,6,9-11H2,1-2H3,(H,19,20)/t13-/m0/s1. The number of carboxylic acids is 1. The molecular weight excluding hydrogens is 256 g/mol. The van der Waals surface area contributed by atoms with Crippen molar-refractivity contribution in [3.8, 4) is 0 Å². The molecule has 0 aliphatic rings. The maximum atomic E-state index is 12.0. The molecular formula is C15H22N2O3. The number of hydrogen-bond acceptors (Lipinski definition) is 3. The Labute approximate surface area is 119 Å². The summed E-state index contributed by atoms with van der Waals surface area (Å²) in [5.74, 6) is -1.11. The zero-order valence-electron chi connectivity index (χ0n) is 12.0. The molecule has 20 heavy (non-hydrogen) atoms. The first-order chi connectivity index (χ1) is 9.56. The lowest BCUT2D eigenvalue weighted by atomic mass is 10.0. The predicted molar refractivity (Wildman–Crippen MR) is 77.5 cm³/mol. The van der Waals surface area contributed by atoms with Gasteiger partial charge in [-0.25, -0.2) is 4.79 Å². The summed E-state index contributed by atoms with van der Waals surface area (Å²) >= 11 is 0. The van der Waals surface area contributed by atoms with Gasteiger partial charge in [0.1, 0.15) is 6.04 Å². The first kappa shape index (κ1) is 16.2. The summed E-state index contributed by atoms with van der Waals surface area (Å²) in [7, 11) is 3.38. The van der Waals surface area contributed by atoms with Crippen LogP contribution in [0.25, 0.3) is 0 Å². The van der Waals surface area contributed by atoms with E-state index in [0.717, 1.165) is 12.1 Å². The monoisotopic (exact) mass is 278 g/mol. The van der Waals surface area contributed by atoms with Gasteiger partial charge < -0.3 is 15.3 Å². The minimum absolute atomic E-state index is 0.136. The van der Waals surface area contributed by atoms with Crippen LogP contribution in [0, 0.1) is 0 Å². The van der Waals surface area contributed by atoms with Crippen molar-refractivity contribution in [2.75, 3.05) is 20.6 Å². The van der Waals surface area contributed by atoms with Crippen molar-refractivity contribution in [2.45, 2.75) is 25.3 Å². The van der Waals surface area contributed by atoms with E-state index in [1.807, 2.05) is 37.4 Å². The molecule has 1 amide bonds. The molecule has 0 saturated carbocycles. The summed E-state index contributed by atoms with van der Waals surface area (Å²) in [4.78, 5) is 24.7. The molecule has 1 atom stereocenters. The number of hydrogen-bond donors (Lipinski definition) is 2. The van der Waals surface area contributed by atoms with Gasteiger partial charge in [0, 0.05) is 19.9 Å². The molecule has 1 aromatic carbocycles. The molecule has 2 N–H and O–H groups in total. The van der Waals surface area contributed by atoms with Crippen molar-refractivity contribution < 1.29 is 14.7 Å². The average Bonchev–Trinajstić information content (AvgIpc) is 2.45. The molecule has 0 aliphatic carbocycles. The van der Waals surface area contributed by atoms with Gasteiger partial charge in [-0.2, -0.15) is 0 Å². The normalized spacial score (nSPS) is 11.9. The first-order valence-corrected chi connectivity index (χ1v) is 6.73. The van der Waals surface area contributed by atoms with Crippen LogP contribution < -0.4 is 5.32 Å². The SMILES string of the molecule is CNCCCC(=O)N(C)[C@@H](Cc1ccccc1)C(=O)O. The summed E-state index contributed by atoms with van der Waals surface area (Å²) in [6.07, 6.45) is 1.39. The van der Waals surface area contributed by atoms with Gasteiger partial charge in [0.05, 0.1) is 0 Å².